The fourth-order valence-corrected chi connectivity index (χ4v) is 2.15. The molecule has 0 aliphatic heterocycles. The van der Waals surface area contributed by atoms with Crippen molar-refractivity contribution in [2.24, 2.45) is 0 Å². The molecule has 0 N–H and O–H groups in total. The van der Waals surface area contributed by atoms with E-state index in [9.17, 15) is 14.9 Å². The fourth-order valence-electron chi connectivity index (χ4n) is 2.15. The van der Waals surface area contributed by atoms with Crippen LogP contribution >= 0.6 is 0 Å². The topological polar surface area (TPSA) is 69.4 Å². The van der Waals surface area contributed by atoms with E-state index in [0.29, 0.717) is 19.4 Å². The molecule has 0 bridgehead atoms. The molecule has 0 unspecified atom stereocenters. The first-order chi connectivity index (χ1) is 10.2. The first kappa shape index (κ1) is 19.9. The molecule has 0 heterocycles. The number of rotatable bonds is 15. The number of hydrogen-bond donors (Lipinski definition) is 0. The maximum atomic E-state index is 11.3. The van der Waals surface area contributed by atoms with Gasteiger partial charge in [-0.2, -0.15) is 0 Å². The third kappa shape index (κ3) is 16.8. The van der Waals surface area contributed by atoms with Crippen molar-refractivity contribution in [3.63, 3.8) is 0 Å². The van der Waals surface area contributed by atoms with Gasteiger partial charge in [0.2, 0.25) is 6.54 Å². The van der Waals surface area contributed by atoms with Crippen LogP contribution in [0.3, 0.4) is 0 Å². The van der Waals surface area contributed by atoms with Crippen molar-refractivity contribution in [2.45, 2.75) is 84.0 Å². The van der Waals surface area contributed by atoms with Gasteiger partial charge in [0.15, 0.2) is 0 Å². The maximum Gasteiger partial charge on any atom is 0.305 e. The molecule has 124 valence electrons. The van der Waals surface area contributed by atoms with Gasteiger partial charge in [-0.3, -0.25) is 14.9 Å². The number of nitro groups is 1. The monoisotopic (exact) mass is 301 g/mol. The molecular weight excluding hydrogens is 270 g/mol. The van der Waals surface area contributed by atoms with Crippen LogP contribution in [-0.2, 0) is 9.53 Å². The second-order valence-corrected chi connectivity index (χ2v) is 5.56. The normalized spacial score (nSPS) is 10.5. The van der Waals surface area contributed by atoms with E-state index < -0.39 is 0 Å². The van der Waals surface area contributed by atoms with Gasteiger partial charge in [0.25, 0.3) is 0 Å². The summed E-state index contributed by atoms with van der Waals surface area (Å²) in [5, 5.41) is 10.1. The quantitative estimate of drug-likeness (QED) is 0.193. The van der Waals surface area contributed by atoms with Crippen molar-refractivity contribution in [1.29, 1.82) is 0 Å². The lowest BCUT2D eigenvalue weighted by Crippen LogP contribution is -2.05. The fraction of sp³-hybridized carbons (Fsp3) is 0.938. The molecule has 0 rings (SSSR count). The minimum absolute atomic E-state index is 0.0609. The van der Waals surface area contributed by atoms with Gasteiger partial charge in [-0.25, -0.2) is 0 Å². The molecule has 0 aliphatic rings. The van der Waals surface area contributed by atoms with Crippen LogP contribution in [0.5, 0.6) is 0 Å². The number of ether oxygens (including phenoxy) is 1. The number of unbranched alkanes of at least 4 members (excludes halogenated alkanes) is 9. The molecule has 5 heteroatoms. The highest BCUT2D eigenvalue weighted by atomic mass is 16.6. The number of carbonyl (C=O) groups is 1. The van der Waals surface area contributed by atoms with Crippen LogP contribution in [0, 0.1) is 10.1 Å². The standard InChI is InChI=1S/C16H31NO4/c1-2-3-15-21-16(18)13-11-9-7-5-4-6-8-10-12-14-17(19)20/h2-15H2,1H3. The van der Waals surface area contributed by atoms with Crippen molar-refractivity contribution >= 4 is 5.97 Å². The van der Waals surface area contributed by atoms with Crippen LogP contribution in [0.15, 0.2) is 0 Å². The van der Waals surface area contributed by atoms with E-state index in [0.717, 1.165) is 51.4 Å². The summed E-state index contributed by atoms with van der Waals surface area (Å²) >= 11 is 0. The Morgan fingerprint density at radius 3 is 1.95 bits per heavy atom. The van der Waals surface area contributed by atoms with Gasteiger partial charge in [0.05, 0.1) is 6.61 Å². The molecule has 0 aliphatic carbocycles. The van der Waals surface area contributed by atoms with Crippen molar-refractivity contribution in [1.82, 2.24) is 0 Å². The van der Waals surface area contributed by atoms with E-state index in [1.807, 2.05) is 0 Å². The van der Waals surface area contributed by atoms with E-state index in [4.69, 9.17) is 4.74 Å². The molecule has 0 aromatic rings. The first-order valence-corrected chi connectivity index (χ1v) is 8.44. The molecule has 0 radical (unpaired) electrons. The Labute approximate surface area is 128 Å². The van der Waals surface area contributed by atoms with Crippen molar-refractivity contribution in [3.05, 3.63) is 10.1 Å². The number of esters is 1. The third-order valence-electron chi connectivity index (χ3n) is 3.48. The van der Waals surface area contributed by atoms with Crippen LogP contribution in [0.25, 0.3) is 0 Å². The molecule has 0 amide bonds. The van der Waals surface area contributed by atoms with Crippen LogP contribution in [0.1, 0.15) is 84.0 Å². The van der Waals surface area contributed by atoms with Gasteiger partial charge < -0.3 is 4.74 Å². The van der Waals surface area contributed by atoms with Crippen molar-refractivity contribution in [2.75, 3.05) is 13.2 Å². The Balaban J connectivity index is 3.11. The smallest absolute Gasteiger partial charge is 0.305 e. The predicted octanol–water partition coefficient (Wildman–Crippen LogP) is 4.51. The lowest BCUT2D eigenvalue weighted by Gasteiger charge is -2.04. The van der Waals surface area contributed by atoms with E-state index in [1.165, 1.54) is 12.8 Å². The highest BCUT2D eigenvalue weighted by Crippen LogP contribution is 2.11. The molecule has 0 aromatic heterocycles. The highest BCUT2D eigenvalue weighted by molar-refractivity contribution is 5.69. The van der Waals surface area contributed by atoms with Crippen molar-refractivity contribution < 1.29 is 14.5 Å². The summed E-state index contributed by atoms with van der Waals surface area (Å²) in [6.45, 7) is 2.75. The summed E-state index contributed by atoms with van der Waals surface area (Å²) in [4.78, 5) is 21.2. The SMILES string of the molecule is CCCCOC(=O)CCCCCCCCCCC[N+](=O)[O-]. The lowest BCUT2D eigenvalue weighted by atomic mass is 10.1. The number of carbonyl (C=O) groups excluding carboxylic acids is 1. The molecular formula is C16H31NO4. The van der Waals surface area contributed by atoms with E-state index in [2.05, 4.69) is 6.92 Å². The Kier molecular flexibility index (Phi) is 14.4. The lowest BCUT2D eigenvalue weighted by molar-refractivity contribution is -0.480. The van der Waals surface area contributed by atoms with E-state index in [-0.39, 0.29) is 17.4 Å². The summed E-state index contributed by atoms with van der Waals surface area (Å²) in [6, 6.07) is 0. The minimum atomic E-state index is -0.243. The average molecular weight is 301 g/mol. The molecule has 0 fully saturated rings. The minimum Gasteiger partial charge on any atom is -0.466 e. The zero-order valence-electron chi connectivity index (χ0n) is 13.5. The molecule has 0 saturated heterocycles. The Morgan fingerprint density at radius 1 is 0.905 bits per heavy atom. The summed E-state index contributed by atoms with van der Waals surface area (Å²) in [6.07, 6.45) is 12.0. The van der Waals surface area contributed by atoms with Crippen LogP contribution in [-0.4, -0.2) is 24.0 Å². The molecule has 0 saturated carbocycles. The van der Waals surface area contributed by atoms with Gasteiger partial charge in [-0.1, -0.05) is 51.9 Å². The van der Waals surface area contributed by atoms with Gasteiger partial charge in [-0.15, -0.1) is 0 Å². The summed E-state index contributed by atoms with van der Waals surface area (Å²) < 4.78 is 5.09. The van der Waals surface area contributed by atoms with Crippen LogP contribution in [0.2, 0.25) is 0 Å². The molecule has 0 aromatic carbocycles. The highest BCUT2D eigenvalue weighted by Gasteiger charge is 2.02. The zero-order chi connectivity index (χ0) is 15.8. The number of hydrogen-bond acceptors (Lipinski definition) is 4. The van der Waals surface area contributed by atoms with E-state index in [1.54, 1.807) is 0 Å². The Bertz CT molecular complexity index is 269. The van der Waals surface area contributed by atoms with Gasteiger partial charge in [0.1, 0.15) is 0 Å². The van der Waals surface area contributed by atoms with Crippen molar-refractivity contribution in [3.8, 4) is 0 Å². The largest absolute Gasteiger partial charge is 0.466 e. The van der Waals surface area contributed by atoms with Gasteiger partial charge in [0, 0.05) is 17.8 Å². The molecule has 21 heavy (non-hydrogen) atoms. The van der Waals surface area contributed by atoms with Crippen LogP contribution < -0.4 is 0 Å². The second kappa shape index (κ2) is 15.3. The third-order valence-corrected chi connectivity index (χ3v) is 3.48. The average Bonchev–Trinajstić information content (AvgIpc) is 2.44. The number of nitrogens with zero attached hydrogens (tertiary/aromatic N) is 1. The van der Waals surface area contributed by atoms with Gasteiger partial charge >= 0.3 is 5.97 Å². The Hall–Kier alpha value is -1.13. The summed E-state index contributed by atoms with van der Waals surface area (Å²) in [5.41, 5.74) is 0. The molecule has 5 nitrogen and oxygen atoms in total. The first-order valence-electron chi connectivity index (χ1n) is 8.44. The van der Waals surface area contributed by atoms with E-state index >= 15 is 0 Å². The summed E-state index contributed by atoms with van der Waals surface area (Å²) in [5.74, 6) is -0.0609. The van der Waals surface area contributed by atoms with Gasteiger partial charge in [-0.05, 0) is 19.3 Å². The molecule has 0 spiro atoms. The Morgan fingerprint density at radius 2 is 1.43 bits per heavy atom. The second-order valence-electron chi connectivity index (χ2n) is 5.56. The molecule has 0 atom stereocenters. The summed E-state index contributed by atoms with van der Waals surface area (Å²) in [7, 11) is 0. The van der Waals surface area contributed by atoms with Crippen LogP contribution in [0.4, 0.5) is 0 Å². The predicted molar refractivity (Wildman–Crippen MR) is 83.9 cm³/mol. The zero-order valence-corrected chi connectivity index (χ0v) is 13.5. The maximum absolute atomic E-state index is 11.3.